The molecule has 0 fully saturated rings. The summed E-state index contributed by atoms with van der Waals surface area (Å²) in [7, 11) is 1.92. The van der Waals surface area contributed by atoms with Crippen molar-refractivity contribution in [1.82, 2.24) is 0 Å². The molecule has 0 saturated heterocycles. The number of aliphatic imine (C=N–C) groups is 1. The van der Waals surface area contributed by atoms with Crippen LogP contribution in [0.2, 0.25) is 0 Å². The van der Waals surface area contributed by atoms with Crippen LogP contribution in [0.25, 0.3) is 0 Å². The Morgan fingerprint density at radius 1 is 1.36 bits per heavy atom. The van der Waals surface area contributed by atoms with Gasteiger partial charge >= 0.3 is 0 Å². The zero-order valence-electron chi connectivity index (χ0n) is 8.99. The van der Waals surface area contributed by atoms with Gasteiger partial charge < -0.3 is 10.6 Å². The molecule has 0 unspecified atom stereocenters. The second-order valence-electron chi connectivity index (χ2n) is 3.23. The molecule has 3 nitrogen and oxygen atoms in total. The van der Waals surface area contributed by atoms with Crippen LogP contribution in [-0.2, 0) is 0 Å². The molecule has 0 saturated carbocycles. The second kappa shape index (κ2) is 4.65. The first-order valence-corrected chi connectivity index (χ1v) is 4.75. The maximum Gasteiger partial charge on any atom is 0.195 e. The van der Waals surface area contributed by atoms with Crippen LogP contribution < -0.4 is 10.6 Å². The number of guanidine groups is 1. The smallest absolute Gasteiger partial charge is 0.195 e. The second-order valence-corrected chi connectivity index (χ2v) is 3.23. The Balaban J connectivity index is 2.84. The summed E-state index contributed by atoms with van der Waals surface area (Å²) in [5.74, 6) is 0.552. The molecule has 0 atom stereocenters. The van der Waals surface area contributed by atoms with Crippen LogP contribution >= 0.6 is 0 Å². The van der Waals surface area contributed by atoms with Gasteiger partial charge in [-0.05, 0) is 26.0 Å². The number of benzene rings is 1. The van der Waals surface area contributed by atoms with Gasteiger partial charge in [-0.1, -0.05) is 17.7 Å². The topological polar surface area (TPSA) is 41.6 Å². The molecular weight excluding hydrogens is 174 g/mol. The molecular formula is C11H17N3. The van der Waals surface area contributed by atoms with Crippen molar-refractivity contribution in [2.45, 2.75) is 13.8 Å². The lowest BCUT2D eigenvalue weighted by molar-refractivity contribution is 1.08. The Hall–Kier alpha value is -1.51. The van der Waals surface area contributed by atoms with Gasteiger partial charge in [-0.25, -0.2) is 0 Å². The molecule has 1 rings (SSSR count). The van der Waals surface area contributed by atoms with Crippen molar-refractivity contribution in [1.29, 1.82) is 0 Å². The van der Waals surface area contributed by atoms with Gasteiger partial charge in [-0.15, -0.1) is 0 Å². The Bertz CT molecular complexity index is 314. The highest BCUT2D eigenvalue weighted by Gasteiger charge is 2.02. The van der Waals surface area contributed by atoms with E-state index in [1.54, 1.807) is 0 Å². The van der Waals surface area contributed by atoms with Crippen molar-refractivity contribution in [2.24, 2.45) is 10.7 Å². The Morgan fingerprint density at radius 3 is 2.43 bits per heavy atom. The van der Waals surface area contributed by atoms with Crippen molar-refractivity contribution in [3.8, 4) is 0 Å². The minimum atomic E-state index is 0.552. The van der Waals surface area contributed by atoms with E-state index in [4.69, 9.17) is 5.73 Å². The summed E-state index contributed by atoms with van der Waals surface area (Å²) in [5.41, 5.74) is 8.08. The molecule has 0 spiro atoms. The first kappa shape index (κ1) is 10.6. The minimum absolute atomic E-state index is 0.552. The average molecular weight is 191 g/mol. The van der Waals surface area contributed by atoms with Crippen LogP contribution in [0.5, 0.6) is 0 Å². The lowest BCUT2D eigenvalue weighted by atomic mass is 10.2. The predicted molar refractivity (Wildman–Crippen MR) is 61.7 cm³/mol. The highest BCUT2D eigenvalue weighted by Crippen LogP contribution is 2.12. The molecule has 0 heterocycles. The number of anilines is 1. The molecule has 1 aromatic carbocycles. The summed E-state index contributed by atoms with van der Waals surface area (Å²) in [5, 5.41) is 0. The lowest BCUT2D eigenvalue weighted by Gasteiger charge is -2.18. The van der Waals surface area contributed by atoms with Crippen LogP contribution in [0.3, 0.4) is 0 Å². The third-order valence-corrected chi connectivity index (χ3v) is 2.09. The van der Waals surface area contributed by atoms with E-state index in [2.05, 4.69) is 24.0 Å². The van der Waals surface area contributed by atoms with Crippen molar-refractivity contribution in [3.05, 3.63) is 29.8 Å². The number of hydrogen-bond donors (Lipinski definition) is 1. The molecule has 1 aromatic rings. The van der Waals surface area contributed by atoms with Gasteiger partial charge in [0.25, 0.3) is 0 Å². The van der Waals surface area contributed by atoms with Crippen molar-refractivity contribution < 1.29 is 0 Å². The molecule has 14 heavy (non-hydrogen) atoms. The summed E-state index contributed by atoms with van der Waals surface area (Å²) < 4.78 is 0. The molecule has 0 aromatic heterocycles. The molecule has 3 heteroatoms. The van der Waals surface area contributed by atoms with E-state index in [0.29, 0.717) is 12.5 Å². The van der Waals surface area contributed by atoms with Crippen LogP contribution in [0, 0.1) is 6.92 Å². The van der Waals surface area contributed by atoms with Gasteiger partial charge in [0, 0.05) is 19.3 Å². The average Bonchev–Trinajstić information content (AvgIpc) is 2.18. The summed E-state index contributed by atoms with van der Waals surface area (Å²) >= 11 is 0. The monoisotopic (exact) mass is 191 g/mol. The van der Waals surface area contributed by atoms with Gasteiger partial charge in [-0.2, -0.15) is 0 Å². The maximum absolute atomic E-state index is 5.77. The van der Waals surface area contributed by atoms with Gasteiger partial charge in [0.05, 0.1) is 0 Å². The molecule has 0 aliphatic heterocycles. The van der Waals surface area contributed by atoms with E-state index in [9.17, 15) is 0 Å². The number of aryl methyl sites for hydroxylation is 1. The quantitative estimate of drug-likeness (QED) is 0.571. The molecule has 2 N–H and O–H groups in total. The zero-order chi connectivity index (χ0) is 10.6. The molecule has 0 aliphatic rings. The van der Waals surface area contributed by atoms with E-state index in [-0.39, 0.29) is 0 Å². The highest BCUT2D eigenvalue weighted by molar-refractivity contribution is 5.94. The van der Waals surface area contributed by atoms with Gasteiger partial charge in [0.1, 0.15) is 0 Å². The summed E-state index contributed by atoms with van der Waals surface area (Å²) in [4.78, 5) is 6.02. The van der Waals surface area contributed by atoms with Gasteiger partial charge in [0.2, 0.25) is 0 Å². The molecule has 0 radical (unpaired) electrons. The fourth-order valence-electron chi connectivity index (χ4n) is 1.17. The maximum atomic E-state index is 5.77. The first-order valence-electron chi connectivity index (χ1n) is 4.75. The fraction of sp³-hybridized carbons (Fsp3) is 0.364. The molecule has 0 amide bonds. The lowest BCUT2D eigenvalue weighted by Crippen LogP contribution is -2.33. The van der Waals surface area contributed by atoms with Crippen LogP contribution in [0.4, 0.5) is 5.69 Å². The van der Waals surface area contributed by atoms with Crippen LogP contribution in [-0.4, -0.2) is 19.6 Å². The number of rotatable bonds is 2. The third kappa shape index (κ3) is 2.49. The molecule has 0 bridgehead atoms. The van der Waals surface area contributed by atoms with Crippen molar-refractivity contribution in [2.75, 3.05) is 18.5 Å². The summed E-state index contributed by atoms with van der Waals surface area (Å²) in [6.45, 7) is 4.74. The number of nitrogens with zero attached hydrogens (tertiary/aromatic N) is 2. The van der Waals surface area contributed by atoms with Crippen LogP contribution in [0.1, 0.15) is 12.5 Å². The van der Waals surface area contributed by atoms with E-state index < -0.39 is 0 Å². The largest absolute Gasteiger partial charge is 0.370 e. The molecule has 76 valence electrons. The SMILES string of the molecule is CCN=C(N)N(C)c1ccc(C)cc1. The van der Waals surface area contributed by atoms with E-state index in [1.165, 1.54) is 5.56 Å². The number of hydrogen-bond acceptors (Lipinski definition) is 1. The summed E-state index contributed by atoms with van der Waals surface area (Å²) in [6, 6.07) is 8.19. The highest BCUT2D eigenvalue weighted by atomic mass is 15.2. The standard InChI is InChI=1S/C11H17N3/c1-4-13-11(12)14(3)10-7-5-9(2)6-8-10/h5-8H,4H2,1-3H3,(H2,12,13). The van der Waals surface area contributed by atoms with Crippen LogP contribution in [0.15, 0.2) is 29.3 Å². The van der Waals surface area contributed by atoms with Crippen molar-refractivity contribution in [3.63, 3.8) is 0 Å². The Morgan fingerprint density at radius 2 is 1.93 bits per heavy atom. The molecule has 0 aliphatic carbocycles. The van der Waals surface area contributed by atoms with Gasteiger partial charge in [-0.3, -0.25) is 4.99 Å². The fourth-order valence-corrected chi connectivity index (χ4v) is 1.17. The minimum Gasteiger partial charge on any atom is -0.370 e. The van der Waals surface area contributed by atoms with Crippen molar-refractivity contribution >= 4 is 11.6 Å². The number of nitrogens with two attached hydrogens (primary N) is 1. The van der Waals surface area contributed by atoms with E-state index in [0.717, 1.165) is 5.69 Å². The van der Waals surface area contributed by atoms with Gasteiger partial charge in [0.15, 0.2) is 5.96 Å². The predicted octanol–water partition coefficient (Wildman–Crippen LogP) is 1.77. The Labute approximate surface area is 85.3 Å². The van der Waals surface area contributed by atoms with E-state index >= 15 is 0 Å². The first-order chi connectivity index (χ1) is 6.65. The zero-order valence-corrected chi connectivity index (χ0v) is 8.99. The third-order valence-electron chi connectivity index (χ3n) is 2.09. The Kier molecular flexibility index (Phi) is 3.51. The normalized spacial score (nSPS) is 11.5. The van der Waals surface area contributed by atoms with E-state index in [1.807, 2.05) is 31.0 Å². The summed E-state index contributed by atoms with van der Waals surface area (Å²) in [6.07, 6.45) is 0.